The molecule has 1 N–H and O–H groups in total. The number of nitrogens with one attached hydrogen (secondary N) is 1. The van der Waals surface area contributed by atoms with E-state index < -0.39 is 0 Å². The molecule has 0 radical (unpaired) electrons. The highest BCUT2D eigenvalue weighted by atomic mass is 16.1. The second-order valence-corrected chi connectivity index (χ2v) is 9.02. The number of likely N-dealkylation sites (N-methyl/N-ethyl adjacent to an activating group) is 1. The number of nitrogens with zero attached hydrogens (tertiary/aromatic N) is 4. The van der Waals surface area contributed by atoms with E-state index >= 15 is 0 Å². The smallest absolute Gasteiger partial charge is 0.220 e. The fourth-order valence-electron chi connectivity index (χ4n) is 4.99. The molecule has 3 rings (SSSR count). The Bertz CT molecular complexity index is 875. The molecular weight excluding hydrogens is 362 g/mol. The van der Waals surface area contributed by atoms with Crippen LogP contribution in [0.4, 0.5) is 0 Å². The zero-order valence-corrected chi connectivity index (χ0v) is 19.1. The van der Waals surface area contributed by atoms with Gasteiger partial charge in [0.25, 0.3) is 0 Å². The number of hydrogen-bond acceptors (Lipinski definition) is 4. The van der Waals surface area contributed by atoms with Crippen molar-refractivity contribution in [2.24, 2.45) is 7.05 Å². The van der Waals surface area contributed by atoms with E-state index in [1.165, 1.54) is 49.7 Å². The van der Waals surface area contributed by atoms with Gasteiger partial charge in [-0.05, 0) is 65.3 Å². The van der Waals surface area contributed by atoms with E-state index in [4.69, 9.17) is 4.98 Å². The Kier molecular flexibility index (Phi) is 6.62. The summed E-state index contributed by atoms with van der Waals surface area (Å²) in [7, 11) is 6.24. The fourth-order valence-corrected chi connectivity index (χ4v) is 4.99. The highest BCUT2D eigenvalue weighted by Crippen LogP contribution is 2.31. The maximum Gasteiger partial charge on any atom is 0.220 e. The van der Waals surface area contributed by atoms with Crippen molar-refractivity contribution in [2.75, 3.05) is 20.6 Å². The molecule has 2 aromatic rings. The van der Waals surface area contributed by atoms with Crippen LogP contribution >= 0.6 is 0 Å². The molecule has 1 amide bonds. The number of carbonyl (C=O) groups is 1. The van der Waals surface area contributed by atoms with Crippen LogP contribution in [0, 0.1) is 20.8 Å². The minimum atomic E-state index is 0.102. The maximum absolute atomic E-state index is 12.7. The van der Waals surface area contributed by atoms with Crippen LogP contribution in [0.3, 0.4) is 0 Å². The van der Waals surface area contributed by atoms with Gasteiger partial charge >= 0.3 is 0 Å². The number of pyridine rings is 1. The van der Waals surface area contributed by atoms with Gasteiger partial charge in [0.1, 0.15) is 0 Å². The van der Waals surface area contributed by atoms with E-state index in [0.29, 0.717) is 6.42 Å². The van der Waals surface area contributed by atoms with Crippen LogP contribution in [0.5, 0.6) is 0 Å². The third-order valence-electron chi connectivity index (χ3n) is 6.93. The number of rotatable bonds is 6. The lowest BCUT2D eigenvalue weighted by Crippen LogP contribution is -2.52. The molecule has 160 valence electrons. The molecule has 6 nitrogen and oxygen atoms in total. The van der Waals surface area contributed by atoms with Gasteiger partial charge in [-0.15, -0.1) is 0 Å². The Labute approximate surface area is 175 Å². The predicted molar refractivity (Wildman–Crippen MR) is 118 cm³/mol. The number of amides is 1. The number of carbonyl (C=O) groups excluding carboxylic acids is 1. The van der Waals surface area contributed by atoms with Crippen LogP contribution in [0.15, 0.2) is 0 Å². The van der Waals surface area contributed by atoms with Gasteiger partial charge in [-0.2, -0.15) is 5.10 Å². The number of aryl methyl sites for hydroxylation is 4. The quantitative estimate of drug-likeness (QED) is 0.754. The average molecular weight is 400 g/mol. The summed E-state index contributed by atoms with van der Waals surface area (Å²) >= 11 is 0. The minimum Gasteiger partial charge on any atom is -0.354 e. The van der Waals surface area contributed by atoms with E-state index in [-0.39, 0.29) is 11.4 Å². The molecule has 29 heavy (non-hydrogen) atoms. The lowest BCUT2D eigenvalue weighted by Gasteiger charge is -2.39. The van der Waals surface area contributed by atoms with Crippen molar-refractivity contribution in [2.45, 2.75) is 77.7 Å². The van der Waals surface area contributed by atoms with Crippen molar-refractivity contribution >= 4 is 16.9 Å². The zero-order valence-electron chi connectivity index (χ0n) is 19.1. The molecular formula is C23H37N5O. The van der Waals surface area contributed by atoms with Crippen molar-refractivity contribution in [3.05, 3.63) is 22.5 Å². The standard InChI is InChI=1S/C23H37N5O/c1-16-19(17(2)25-22-21(16)18(3)26-28(22)6)11-12-20(29)24-15-23(27(4)5)13-9-7-8-10-14-23/h7-15H2,1-6H3,(H,24,29). The summed E-state index contributed by atoms with van der Waals surface area (Å²) in [4.78, 5) is 19.8. The highest BCUT2D eigenvalue weighted by Gasteiger charge is 2.33. The van der Waals surface area contributed by atoms with Crippen molar-refractivity contribution < 1.29 is 4.79 Å². The molecule has 0 aliphatic heterocycles. The van der Waals surface area contributed by atoms with Crippen LogP contribution in [0.1, 0.15) is 67.5 Å². The molecule has 1 aliphatic rings. The minimum absolute atomic E-state index is 0.102. The van der Waals surface area contributed by atoms with Crippen LogP contribution in [-0.4, -0.2) is 51.8 Å². The fraction of sp³-hybridized carbons (Fsp3) is 0.696. The van der Waals surface area contributed by atoms with E-state index in [9.17, 15) is 4.79 Å². The zero-order chi connectivity index (χ0) is 21.2. The lowest BCUT2D eigenvalue weighted by atomic mass is 9.88. The molecule has 0 aromatic carbocycles. The third kappa shape index (κ3) is 4.47. The summed E-state index contributed by atoms with van der Waals surface area (Å²) in [6, 6.07) is 0. The van der Waals surface area contributed by atoms with Gasteiger partial charge in [-0.3, -0.25) is 9.48 Å². The highest BCUT2D eigenvalue weighted by molar-refractivity contribution is 5.84. The van der Waals surface area contributed by atoms with Crippen LogP contribution in [0.25, 0.3) is 11.0 Å². The van der Waals surface area contributed by atoms with Crippen LogP contribution < -0.4 is 5.32 Å². The normalized spacial score (nSPS) is 16.9. The first kappa shape index (κ1) is 21.8. The van der Waals surface area contributed by atoms with Crippen molar-refractivity contribution in [1.82, 2.24) is 25.0 Å². The van der Waals surface area contributed by atoms with Crippen molar-refractivity contribution in [3.63, 3.8) is 0 Å². The molecule has 1 saturated carbocycles. The molecule has 1 aliphatic carbocycles. The summed E-state index contributed by atoms with van der Waals surface area (Å²) in [6.45, 7) is 6.94. The second kappa shape index (κ2) is 8.82. The van der Waals surface area contributed by atoms with Gasteiger partial charge in [0.2, 0.25) is 5.91 Å². The Morgan fingerprint density at radius 3 is 2.38 bits per heavy atom. The van der Waals surface area contributed by atoms with Gasteiger partial charge in [0.15, 0.2) is 5.65 Å². The molecule has 2 heterocycles. The number of hydrogen-bond donors (Lipinski definition) is 1. The molecule has 0 atom stereocenters. The topological polar surface area (TPSA) is 63.1 Å². The largest absolute Gasteiger partial charge is 0.354 e. The summed E-state index contributed by atoms with van der Waals surface area (Å²) < 4.78 is 1.84. The molecule has 6 heteroatoms. The molecule has 1 fully saturated rings. The Morgan fingerprint density at radius 1 is 1.10 bits per heavy atom. The van der Waals surface area contributed by atoms with Crippen LogP contribution in [0.2, 0.25) is 0 Å². The number of fused-ring (bicyclic) bond motifs is 1. The van der Waals surface area contributed by atoms with Crippen LogP contribution in [-0.2, 0) is 18.3 Å². The Balaban J connectivity index is 1.67. The van der Waals surface area contributed by atoms with Gasteiger partial charge in [-0.25, -0.2) is 4.98 Å². The van der Waals surface area contributed by atoms with Crippen molar-refractivity contribution in [1.29, 1.82) is 0 Å². The summed E-state index contributed by atoms with van der Waals surface area (Å²) in [5.74, 6) is 0.136. The Hall–Kier alpha value is -1.95. The van der Waals surface area contributed by atoms with E-state index in [2.05, 4.69) is 36.3 Å². The monoisotopic (exact) mass is 399 g/mol. The van der Waals surface area contributed by atoms with E-state index in [1.54, 1.807) is 0 Å². The maximum atomic E-state index is 12.7. The summed E-state index contributed by atoms with van der Waals surface area (Å²) in [5.41, 5.74) is 5.41. The van der Waals surface area contributed by atoms with Gasteiger partial charge in [0, 0.05) is 36.6 Å². The van der Waals surface area contributed by atoms with Gasteiger partial charge in [0.05, 0.1) is 5.69 Å². The van der Waals surface area contributed by atoms with Gasteiger partial charge < -0.3 is 10.2 Å². The molecule has 0 bridgehead atoms. The Morgan fingerprint density at radius 2 is 1.76 bits per heavy atom. The summed E-state index contributed by atoms with van der Waals surface area (Å²) in [5, 5.41) is 8.88. The lowest BCUT2D eigenvalue weighted by molar-refractivity contribution is -0.121. The van der Waals surface area contributed by atoms with E-state index in [1.807, 2.05) is 25.6 Å². The first-order valence-electron chi connectivity index (χ1n) is 11.0. The first-order valence-corrected chi connectivity index (χ1v) is 11.0. The third-order valence-corrected chi connectivity index (χ3v) is 6.93. The van der Waals surface area contributed by atoms with E-state index in [0.717, 1.165) is 35.4 Å². The predicted octanol–water partition coefficient (Wildman–Crippen LogP) is 3.60. The number of aromatic nitrogens is 3. The molecule has 2 aromatic heterocycles. The van der Waals surface area contributed by atoms with Crippen molar-refractivity contribution in [3.8, 4) is 0 Å². The SMILES string of the molecule is Cc1nc2c(c(C)nn2C)c(C)c1CCC(=O)NCC1(N(C)C)CCCCCC1. The van der Waals surface area contributed by atoms with Gasteiger partial charge in [-0.1, -0.05) is 25.7 Å². The molecule has 0 spiro atoms. The average Bonchev–Trinajstić information content (AvgIpc) is 2.84. The first-order chi connectivity index (χ1) is 13.7. The second-order valence-electron chi connectivity index (χ2n) is 9.02. The summed E-state index contributed by atoms with van der Waals surface area (Å²) in [6.07, 6.45) is 8.67. The molecule has 0 unspecified atom stereocenters. The molecule has 0 saturated heterocycles.